The molecule has 0 aliphatic heterocycles. The van der Waals surface area contributed by atoms with Crippen LogP contribution < -0.4 is 5.73 Å². The second-order valence-electron chi connectivity index (χ2n) is 3.66. The SMILES string of the molecule is [NH]CCC(=O)OCCC1CCCC1. The standard InChI is InChI=1S/C10H18NO2/c11-7-5-10(12)13-8-6-9-3-1-2-4-9/h9,11H,1-8H2. The molecule has 0 aromatic heterocycles. The van der Waals surface area contributed by atoms with Crippen LogP contribution in [0.5, 0.6) is 0 Å². The van der Waals surface area contributed by atoms with Gasteiger partial charge in [0.25, 0.3) is 0 Å². The van der Waals surface area contributed by atoms with Gasteiger partial charge < -0.3 is 4.74 Å². The van der Waals surface area contributed by atoms with Crippen molar-refractivity contribution in [2.75, 3.05) is 13.2 Å². The van der Waals surface area contributed by atoms with Crippen molar-refractivity contribution in [2.45, 2.75) is 38.5 Å². The topological polar surface area (TPSA) is 50.1 Å². The Morgan fingerprint density at radius 2 is 2.08 bits per heavy atom. The van der Waals surface area contributed by atoms with Crippen LogP contribution in [0.4, 0.5) is 0 Å². The summed E-state index contributed by atoms with van der Waals surface area (Å²) in [6.45, 7) is 0.700. The normalized spacial score (nSPS) is 17.6. The lowest BCUT2D eigenvalue weighted by Gasteiger charge is -2.08. The highest BCUT2D eigenvalue weighted by molar-refractivity contribution is 5.69. The van der Waals surface area contributed by atoms with E-state index in [2.05, 4.69) is 0 Å². The molecule has 1 aliphatic rings. The summed E-state index contributed by atoms with van der Waals surface area (Å²) in [4.78, 5) is 10.9. The van der Waals surface area contributed by atoms with E-state index in [1.807, 2.05) is 0 Å². The average Bonchev–Trinajstić information content (AvgIpc) is 2.57. The van der Waals surface area contributed by atoms with Crippen molar-refractivity contribution in [3.63, 3.8) is 0 Å². The summed E-state index contributed by atoms with van der Waals surface area (Å²) in [5, 5.41) is 0. The maximum absolute atomic E-state index is 10.9. The second-order valence-corrected chi connectivity index (χ2v) is 3.66. The molecule has 1 saturated carbocycles. The van der Waals surface area contributed by atoms with Gasteiger partial charge in [0.1, 0.15) is 0 Å². The third kappa shape index (κ3) is 4.27. The fourth-order valence-corrected chi connectivity index (χ4v) is 1.81. The Kier molecular flexibility index (Phi) is 4.83. The highest BCUT2D eigenvalue weighted by atomic mass is 16.5. The maximum atomic E-state index is 10.9. The molecule has 1 aliphatic carbocycles. The molecule has 75 valence electrons. The first-order chi connectivity index (χ1) is 6.33. The van der Waals surface area contributed by atoms with Gasteiger partial charge in [-0.25, -0.2) is 0 Å². The Hall–Kier alpha value is -0.570. The molecule has 13 heavy (non-hydrogen) atoms. The van der Waals surface area contributed by atoms with Gasteiger partial charge in [-0.3, -0.25) is 10.5 Å². The van der Waals surface area contributed by atoms with Crippen molar-refractivity contribution in [1.82, 2.24) is 5.73 Å². The van der Waals surface area contributed by atoms with Gasteiger partial charge >= 0.3 is 5.97 Å². The van der Waals surface area contributed by atoms with Gasteiger partial charge in [-0.1, -0.05) is 25.7 Å². The lowest BCUT2D eigenvalue weighted by molar-refractivity contribution is -0.143. The Bertz CT molecular complexity index is 153. The summed E-state index contributed by atoms with van der Waals surface area (Å²) >= 11 is 0. The van der Waals surface area contributed by atoms with Crippen molar-refractivity contribution >= 4 is 5.97 Å². The lowest BCUT2D eigenvalue weighted by atomic mass is 10.1. The minimum atomic E-state index is -0.215. The predicted octanol–water partition coefficient (Wildman–Crippen LogP) is 1.78. The van der Waals surface area contributed by atoms with Crippen molar-refractivity contribution in [2.24, 2.45) is 5.92 Å². The molecule has 0 saturated heterocycles. The molecule has 0 bridgehead atoms. The van der Waals surface area contributed by atoms with Crippen LogP contribution in [0.25, 0.3) is 0 Å². The number of carbonyl (C=O) groups is 1. The fourth-order valence-electron chi connectivity index (χ4n) is 1.81. The molecule has 0 spiro atoms. The first-order valence-electron chi connectivity index (χ1n) is 5.13. The van der Waals surface area contributed by atoms with Crippen LogP contribution in [-0.2, 0) is 9.53 Å². The summed E-state index contributed by atoms with van der Waals surface area (Å²) in [6, 6.07) is 0. The Balaban J connectivity index is 1.96. The van der Waals surface area contributed by atoms with E-state index in [0.717, 1.165) is 12.3 Å². The number of hydrogen-bond acceptors (Lipinski definition) is 2. The monoisotopic (exact) mass is 184 g/mol. The summed E-state index contributed by atoms with van der Waals surface area (Å²) in [6.07, 6.45) is 6.54. The van der Waals surface area contributed by atoms with E-state index >= 15 is 0 Å². The van der Waals surface area contributed by atoms with Crippen molar-refractivity contribution < 1.29 is 9.53 Å². The summed E-state index contributed by atoms with van der Waals surface area (Å²) in [5.41, 5.74) is 6.83. The Morgan fingerprint density at radius 3 is 2.69 bits per heavy atom. The number of ether oxygens (including phenoxy) is 1. The molecule has 1 fully saturated rings. The van der Waals surface area contributed by atoms with E-state index in [9.17, 15) is 4.79 Å². The molecule has 0 unspecified atom stereocenters. The number of hydrogen-bond donors (Lipinski definition) is 0. The van der Waals surface area contributed by atoms with E-state index in [1.54, 1.807) is 0 Å². The van der Waals surface area contributed by atoms with Crippen LogP contribution in [0.2, 0.25) is 0 Å². The largest absolute Gasteiger partial charge is 0.466 e. The highest BCUT2D eigenvalue weighted by Crippen LogP contribution is 2.27. The van der Waals surface area contributed by atoms with E-state index in [-0.39, 0.29) is 18.9 Å². The molecule has 1 rings (SSSR count). The van der Waals surface area contributed by atoms with E-state index in [0.29, 0.717) is 6.61 Å². The van der Waals surface area contributed by atoms with Crippen LogP contribution in [0.15, 0.2) is 0 Å². The van der Waals surface area contributed by atoms with Crippen molar-refractivity contribution in [1.29, 1.82) is 0 Å². The Labute approximate surface area is 79.6 Å². The quantitative estimate of drug-likeness (QED) is 0.611. The smallest absolute Gasteiger partial charge is 0.307 e. The zero-order valence-corrected chi connectivity index (χ0v) is 8.05. The van der Waals surface area contributed by atoms with Crippen LogP contribution in [-0.4, -0.2) is 19.1 Å². The van der Waals surface area contributed by atoms with Gasteiger partial charge in [-0.15, -0.1) is 0 Å². The number of esters is 1. The van der Waals surface area contributed by atoms with Gasteiger partial charge in [0, 0.05) is 6.54 Å². The maximum Gasteiger partial charge on any atom is 0.307 e. The molecule has 1 N–H and O–H groups in total. The number of nitrogens with one attached hydrogen (secondary N) is 1. The van der Waals surface area contributed by atoms with Gasteiger partial charge in [-0.05, 0) is 12.3 Å². The average molecular weight is 184 g/mol. The van der Waals surface area contributed by atoms with Crippen LogP contribution in [0, 0.1) is 5.92 Å². The Morgan fingerprint density at radius 1 is 1.38 bits per heavy atom. The summed E-state index contributed by atoms with van der Waals surface area (Å²) < 4.78 is 4.99. The van der Waals surface area contributed by atoms with Crippen molar-refractivity contribution in [3.8, 4) is 0 Å². The van der Waals surface area contributed by atoms with Crippen LogP contribution in [0.1, 0.15) is 38.5 Å². The molecule has 1 radical (unpaired) electrons. The van der Waals surface area contributed by atoms with Crippen LogP contribution in [0.3, 0.4) is 0 Å². The van der Waals surface area contributed by atoms with Gasteiger partial charge in [0.15, 0.2) is 0 Å². The molecule has 0 aromatic carbocycles. The zero-order chi connectivity index (χ0) is 9.52. The molecule has 0 aromatic rings. The first kappa shape index (κ1) is 10.5. The number of carbonyl (C=O) groups excluding carboxylic acids is 1. The summed E-state index contributed by atoms with van der Waals surface area (Å²) in [5.74, 6) is 0.566. The molecule has 3 heteroatoms. The third-order valence-corrected chi connectivity index (χ3v) is 2.59. The molecule has 0 amide bonds. The molecule has 0 atom stereocenters. The fraction of sp³-hybridized carbons (Fsp3) is 0.900. The van der Waals surface area contributed by atoms with E-state index in [4.69, 9.17) is 10.5 Å². The van der Waals surface area contributed by atoms with Gasteiger partial charge in [0.2, 0.25) is 0 Å². The predicted molar refractivity (Wildman–Crippen MR) is 50.1 cm³/mol. The minimum absolute atomic E-state index is 0.141. The zero-order valence-electron chi connectivity index (χ0n) is 8.05. The second kappa shape index (κ2) is 5.97. The van der Waals surface area contributed by atoms with Crippen molar-refractivity contribution in [3.05, 3.63) is 0 Å². The molecular weight excluding hydrogens is 166 g/mol. The molecular formula is C10H18NO2. The lowest BCUT2D eigenvalue weighted by Crippen LogP contribution is -2.10. The third-order valence-electron chi connectivity index (χ3n) is 2.59. The van der Waals surface area contributed by atoms with Gasteiger partial charge in [-0.2, -0.15) is 0 Å². The molecule has 3 nitrogen and oxygen atoms in total. The van der Waals surface area contributed by atoms with Crippen LogP contribution >= 0.6 is 0 Å². The highest BCUT2D eigenvalue weighted by Gasteiger charge is 2.14. The minimum Gasteiger partial charge on any atom is -0.466 e. The number of rotatable bonds is 5. The van der Waals surface area contributed by atoms with E-state index < -0.39 is 0 Å². The van der Waals surface area contributed by atoms with E-state index in [1.165, 1.54) is 25.7 Å². The van der Waals surface area contributed by atoms with Gasteiger partial charge in [0.05, 0.1) is 13.0 Å². The first-order valence-corrected chi connectivity index (χ1v) is 5.13. The molecule has 0 heterocycles. The summed E-state index contributed by atoms with van der Waals surface area (Å²) in [7, 11) is 0.